The maximum absolute atomic E-state index is 4.69. The average molecular weight is 264 g/mol. The zero-order valence-electron chi connectivity index (χ0n) is 13.2. The molecule has 0 aliphatic heterocycles. The molecule has 0 fully saturated rings. The lowest BCUT2D eigenvalue weighted by Crippen LogP contribution is -2.28. The number of aromatic nitrogens is 2. The van der Waals surface area contributed by atoms with Crippen molar-refractivity contribution in [3.63, 3.8) is 0 Å². The summed E-state index contributed by atoms with van der Waals surface area (Å²) in [4.78, 5) is 9.14. The molecule has 0 atom stereocenters. The largest absolute Gasteiger partial charge is 0.378 e. The van der Waals surface area contributed by atoms with E-state index in [2.05, 4.69) is 57.2 Å². The van der Waals surface area contributed by atoms with E-state index < -0.39 is 0 Å². The Kier molecular flexibility index (Phi) is 5.73. The first kappa shape index (κ1) is 15.9. The molecule has 0 unspecified atom stereocenters. The van der Waals surface area contributed by atoms with Crippen molar-refractivity contribution >= 4 is 5.69 Å². The zero-order valence-corrected chi connectivity index (χ0v) is 13.2. The SMILES string of the molecule is CCCNCc1nc(C(C)C)ncc1NC(C)(C)C. The van der Waals surface area contributed by atoms with Gasteiger partial charge in [0, 0.05) is 18.0 Å². The van der Waals surface area contributed by atoms with Crippen molar-refractivity contribution in [3.05, 3.63) is 17.7 Å². The third kappa shape index (κ3) is 5.55. The molecular formula is C15H28N4. The Morgan fingerprint density at radius 1 is 1.26 bits per heavy atom. The predicted octanol–water partition coefficient (Wildman–Crippen LogP) is 3.31. The van der Waals surface area contributed by atoms with Crippen LogP contribution in [-0.2, 0) is 6.54 Å². The molecule has 0 aliphatic carbocycles. The molecule has 0 bridgehead atoms. The molecule has 19 heavy (non-hydrogen) atoms. The maximum Gasteiger partial charge on any atom is 0.131 e. The summed E-state index contributed by atoms with van der Waals surface area (Å²) in [6.45, 7) is 14.6. The van der Waals surface area contributed by atoms with E-state index in [0.717, 1.165) is 36.7 Å². The third-order valence-corrected chi connectivity index (χ3v) is 2.63. The van der Waals surface area contributed by atoms with Gasteiger partial charge in [0.05, 0.1) is 17.6 Å². The minimum Gasteiger partial charge on any atom is -0.378 e. The molecule has 0 amide bonds. The van der Waals surface area contributed by atoms with E-state index in [1.807, 2.05) is 6.20 Å². The van der Waals surface area contributed by atoms with E-state index in [1.54, 1.807) is 0 Å². The maximum atomic E-state index is 4.69. The highest BCUT2D eigenvalue weighted by molar-refractivity contribution is 5.47. The van der Waals surface area contributed by atoms with Gasteiger partial charge in [-0.15, -0.1) is 0 Å². The van der Waals surface area contributed by atoms with Gasteiger partial charge in [-0.3, -0.25) is 0 Å². The molecule has 1 aromatic rings. The fourth-order valence-electron chi connectivity index (χ4n) is 1.74. The lowest BCUT2D eigenvalue weighted by atomic mass is 10.1. The molecule has 4 heteroatoms. The third-order valence-electron chi connectivity index (χ3n) is 2.63. The standard InChI is InChI=1S/C15H28N4/c1-7-8-16-9-12-13(19-15(4,5)6)10-17-14(18-12)11(2)3/h10-11,16,19H,7-9H2,1-6H3. The van der Waals surface area contributed by atoms with Gasteiger partial charge in [0.2, 0.25) is 0 Å². The van der Waals surface area contributed by atoms with Crippen LogP contribution < -0.4 is 10.6 Å². The first-order valence-electron chi connectivity index (χ1n) is 7.18. The number of rotatable bonds is 6. The van der Waals surface area contributed by atoms with Gasteiger partial charge in [-0.05, 0) is 33.7 Å². The number of nitrogens with one attached hydrogen (secondary N) is 2. The first-order valence-corrected chi connectivity index (χ1v) is 7.18. The molecule has 0 aromatic carbocycles. The lowest BCUT2D eigenvalue weighted by Gasteiger charge is -2.24. The molecule has 0 aliphatic rings. The van der Waals surface area contributed by atoms with Crippen molar-refractivity contribution in [3.8, 4) is 0 Å². The van der Waals surface area contributed by atoms with E-state index in [4.69, 9.17) is 4.98 Å². The van der Waals surface area contributed by atoms with Crippen LogP contribution in [0.5, 0.6) is 0 Å². The summed E-state index contributed by atoms with van der Waals surface area (Å²) in [5.74, 6) is 1.27. The highest BCUT2D eigenvalue weighted by Gasteiger charge is 2.15. The molecule has 4 nitrogen and oxygen atoms in total. The minimum atomic E-state index is 0.0161. The van der Waals surface area contributed by atoms with E-state index in [0.29, 0.717) is 5.92 Å². The molecule has 2 N–H and O–H groups in total. The Hall–Kier alpha value is -1.16. The van der Waals surface area contributed by atoms with E-state index in [9.17, 15) is 0 Å². The van der Waals surface area contributed by atoms with Crippen LogP contribution in [0.3, 0.4) is 0 Å². The molecule has 1 heterocycles. The van der Waals surface area contributed by atoms with Crippen LogP contribution in [0.25, 0.3) is 0 Å². The zero-order chi connectivity index (χ0) is 14.5. The monoisotopic (exact) mass is 264 g/mol. The van der Waals surface area contributed by atoms with Gasteiger partial charge in [0.1, 0.15) is 5.82 Å². The number of nitrogens with zero attached hydrogens (tertiary/aromatic N) is 2. The summed E-state index contributed by atoms with van der Waals surface area (Å²) in [5.41, 5.74) is 2.10. The minimum absolute atomic E-state index is 0.0161. The Morgan fingerprint density at radius 2 is 1.95 bits per heavy atom. The van der Waals surface area contributed by atoms with Gasteiger partial charge < -0.3 is 10.6 Å². The number of hydrogen-bond donors (Lipinski definition) is 2. The van der Waals surface area contributed by atoms with Gasteiger partial charge in [-0.2, -0.15) is 0 Å². The molecular weight excluding hydrogens is 236 g/mol. The molecule has 0 radical (unpaired) electrons. The molecule has 0 saturated carbocycles. The summed E-state index contributed by atoms with van der Waals surface area (Å²) in [6.07, 6.45) is 3.04. The van der Waals surface area contributed by atoms with Crippen molar-refractivity contribution in [2.24, 2.45) is 0 Å². The van der Waals surface area contributed by atoms with Crippen molar-refractivity contribution in [1.82, 2.24) is 15.3 Å². The second-order valence-electron chi connectivity index (χ2n) is 6.30. The molecule has 1 aromatic heterocycles. The second kappa shape index (κ2) is 6.85. The Balaban J connectivity index is 2.94. The highest BCUT2D eigenvalue weighted by Crippen LogP contribution is 2.20. The summed E-state index contributed by atoms with van der Waals surface area (Å²) >= 11 is 0. The van der Waals surface area contributed by atoms with Crippen molar-refractivity contribution < 1.29 is 0 Å². The van der Waals surface area contributed by atoms with Crippen LogP contribution in [0.4, 0.5) is 5.69 Å². The topological polar surface area (TPSA) is 49.8 Å². The molecule has 1 rings (SSSR count). The van der Waals surface area contributed by atoms with Crippen molar-refractivity contribution in [2.45, 2.75) is 66.0 Å². The van der Waals surface area contributed by atoms with Crippen LogP contribution in [0.15, 0.2) is 6.20 Å². The molecule has 0 saturated heterocycles. The van der Waals surface area contributed by atoms with Crippen LogP contribution in [0.1, 0.15) is 65.4 Å². The fraction of sp³-hybridized carbons (Fsp3) is 0.733. The Labute approximate surface area is 117 Å². The lowest BCUT2D eigenvalue weighted by molar-refractivity contribution is 0.619. The van der Waals surface area contributed by atoms with E-state index in [1.165, 1.54) is 0 Å². The fourth-order valence-corrected chi connectivity index (χ4v) is 1.74. The van der Waals surface area contributed by atoms with Gasteiger partial charge in [0.25, 0.3) is 0 Å². The Morgan fingerprint density at radius 3 is 2.47 bits per heavy atom. The smallest absolute Gasteiger partial charge is 0.131 e. The number of anilines is 1. The summed E-state index contributed by atoms with van der Waals surface area (Å²) in [5, 5.41) is 6.89. The Bertz CT molecular complexity index is 394. The highest BCUT2D eigenvalue weighted by atomic mass is 15.0. The number of hydrogen-bond acceptors (Lipinski definition) is 4. The first-order chi connectivity index (χ1) is 8.83. The molecule has 0 spiro atoms. The molecule has 108 valence electrons. The van der Waals surface area contributed by atoms with Crippen LogP contribution in [0.2, 0.25) is 0 Å². The van der Waals surface area contributed by atoms with E-state index in [-0.39, 0.29) is 5.54 Å². The van der Waals surface area contributed by atoms with E-state index >= 15 is 0 Å². The van der Waals surface area contributed by atoms with Gasteiger partial charge in [-0.25, -0.2) is 9.97 Å². The van der Waals surface area contributed by atoms with Crippen LogP contribution >= 0.6 is 0 Å². The normalized spacial score (nSPS) is 11.9. The van der Waals surface area contributed by atoms with Crippen LogP contribution in [-0.4, -0.2) is 22.1 Å². The summed E-state index contributed by atoms with van der Waals surface area (Å²) < 4.78 is 0. The quantitative estimate of drug-likeness (QED) is 0.774. The van der Waals surface area contributed by atoms with Crippen molar-refractivity contribution in [2.75, 3.05) is 11.9 Å². The summed E-state index contributed by atoms with van der Waals surface area (Å²) in [6, 6.07) is 0. The average Bonchev–Trinajstić information content (AvgIpc) is 2.29. The van der Waals surface area contributed by atoms with Crippen LogP contribution in [0, 0.1) is 0 Å². The van der Waals surface area contributed by atoms with Crippen molar-refractivity contribution in [1.29, 1.82) is 0 Å². The predicted molar refractivity (Wildman–Crippen MR) is 81.5 cm³/mol. The summed E-state index contributed by atoms with van der Waals surface area (Å²) in [7, 11) is 0. The van der Waals surface area contributed by atoms with Gasteiger partial charge in [-0.1, -0.05) is 20.8 Å². The van der Waals surface area contributed by atoms with Gasteiger partial charge in [0.15, 0.2) is 0 Å². The van der Waals surface area contributed by atoms with Gasteiger partial charge >= 0.3 is 0 Å². The second-order valence-corrected chi connectivity index (χ2v) is 6.30.